The molecule has 4 rings (SSSR count). The van der Waals surface area contributed by atoms with Gasteiger partial charge in [0.25, 0.3) is 5.52 Å². The molecule has 1 fully saturated rings. The predicted octanol–water partition coefficient (Wildman–Crippen LogP) is 2.41. The average Bonchev–Trinajstić information content (AvgIpc) is 2.68. The Morgan fingerprint density at radius 3 is 2.56 bits per heavy atom. The Morgan fingerprint density at radius 1 is 1.11 bits per heavy atom. The van der Waals surface area contributed by atoms with E-state index in [0.717, 1.165) is 13.1 Å². The summed E-state index contributed by atoms with van der Waals surface area (Å²) in [7, 11) is 1.99. The molecular weight excluding hydrogens is 463 g/mol. The Morgan fingerprint density at radius 2 is 1.81 bits per heavy atom. The van der Waals surface area contributed by atoms with Gasteiger partial charge in [0.05, 0.1) is 8.00 Å². The molecule has 0 aliphatic carbocycles. The van der Waals surface area contributed by atoms with Crippen molar-refractivity contribution in [2.24, 2.45) is 0 Å². The number of rotatable bonds is 1. The zero-order chi connectivity index (χ0) is 19.1. The molecule has 1 aliphatic heterocycles. The molecule has 27 heavy (non-hydrogen) atoms. The van der Waals surface area contributed by atoms with Gasteiger partial charge in [0.1, 0.15) is 11.0 Å². The SMILES string of the molecule is CN1CCN(C(=O)Oc2c(I)ccc3c2[n+](=O)c2ccccc2n3[O-])CC1. The number of halogens is 1. The van der Waals surface area contributed by atoms with Crippen molar-refractivity contribution in [3.8, 4) is 5.75 Å². The highest BCUT2D eigenvalue weighted by atomic mass is 127. The summed E-state index contributed by atoms with van der Waals surface area (Å²) in [6.45, 7) is 2.63. The molecule has 1 aromatic heterocycles. The number of hydrogen-bond acceptors (Lipinski definition) is 5. The van der Waals surface area contributed by atoms with Gasteiger partial charge in [-0.3, -0.25) is 0 Å². The number of para-hydroxylation sites is 2. The molecule has 0 spiro atoms. The van der Waals surface area contributed by atoms with Gasteiger partial charge in [0, 0.05) is 37.2 Å². The maximum absolute atomic E-state index is 13.0. The molecule has 2 heterocycles. The number of ether oxygens (including phenoxy) is 1. The fourth-order valence-electron chi connectivity index (χ4n) is 3.19. The number of likely N-dealkylation sites (N-methyl/N-ethyl adjacent to an activating group) is 1. The van der Waals surface area contributed by atoms with Gasteiger partial charge < -0.3 is 24.5 Å². The van der Waals surface area contributed by atoms with Gasteiger partial charge in [-0.25, -0.2) is 4.79 Å². The van der Waals surface area contributed by atoms with E-state index in [1.807, 2.05) is 29.6 Å². The van der Waals surface area contributed by atoms with Crippen molar-refractivity contribution in [1.82, 2.24) is 14.5 Å². The molecule has 140 valence electrons. The van der Waals surface area contributed by atoms with Crippen molar-refractivity contribution in [3.63, 3.8) is 0 Å². The molecule has 8 nitrogen and oxygen atoms in total. The van der Waals surface area contributed by atoms with Gasteiger partial charge in [-0.1, -0.05) is 12.1 Å². The molecule has 1 amide bonds. The predicted molar refractivity (Wildman–Crippen MR) is 109 cm³/mol. The second-order valence-corrected chi connectivity index (χ2v) is 7.64. The summed E-state index contributed by atoms with van der Waals surface area (Å²) in [5.41, 5.74) is 0.694. The maximum Gasteiger partial charge on any atom is 0.415 e. The van der Waals surface area contributed by atoms with Crippen LogP contribution in [-0.2, 0) is 0 Å². The zero-order valence-electron chi connectivity index (χ0n) is 14.6. The Labute approximate surface area is 168 Å². The summed E-state index contributed by atoms with van der Waals surface area (Å²) in [5, 5.41) is 12.7. The third-order valence-corrected chi connectivity index (χ3v) is 5.60. The van der Waals surface area contributed by atoms with Gasteiger partial charge in [-0.2, -0.15) is 0 Å². The van der Waals surface area contributed by atoms with Crippen LogP contribution < -0.4 is 9.16 Å². The van der Waals surface area contributed by atoms with E-state index in [1.165, 1.54) is 0 Å². The second-order valence-electron chi connectivity index (χ2n) is 6.48. The number of amides is 1. The minimum absolute atomic E-state index is 0.0538. The molecular formula is C18H17IN4O4. The van der Waals surface area contributed by atoms with Crippen molar-refractivity contribution >= 4 is 50.8 Å². The van der Waals surface area contributed by atoms with E-state index in [9.17, 15) is 14.9 Å². The minimum atomic E-state index is -0.515. The fourth-order valence-corrected chi connectivity index (χ4v) is 3.74. The first kappa shape index (κ1) is 18.0. The Kier molecular flexibility index (Phi) is 4.64. The highest BCUT2D eigenvalue weighted by molar-refractivity contribution is 14.1. The van der Waals surface area contributed by atoms with Crippen molar-refractivity contribution in [1.29, 1.82) is 0 Å². The number of piperazine rings is 1. The molecule has 1 saturated heterocycles. The van der Waals surface area contributed by atoms with E-state index in [0.29, 0.717) is 25.8 Å². The second kappa shape index (κ2) is 6.97. The third-order valence-electron chi connectivity index (χ3n) is 4.75. The van der Waals surface area contributed by atoms with Crippen molar-refractivity contribution in [3.05, 3.63) is 50.1 Å². The molecule has 0 radical (unpaired) electrons. The maximum atomic E-state index is 13.0. The lowest BCUT2D eigenvalue weighted by molar-refractivity contribution is -0.433. The lowest BCUT2D eigenvalue weighted by Gasteiger charge is -2.31. The third kappa shape index (κ3) is 3.10. The first-order valence-electron chi connectivity index (χ1n) is 8.48. The molecule has 0 bridgehead atoms. The van der Waals surface area contributed by atoms with E-state index in [2.05, 4.69) is 4.90 Å². The summed E-state index contributed by atoms with van der Waals surface area (Å²) in [5.74, 6) is 0.113. The van der Waals surface area contributed by atoms with Crippen LogP contribution in [-0.4, -0.2) is 53.9 Å². The standard InChI is InChI=1S/C18H17IN4O4/c1-20-8-10-21(11-9-20)18(24)27-17-12(19)6-7-15-16(17)23(26)14-5-3-2-4-13(14)22(15)25/h2-7H,8-11H2,1H3. The van der Waals surface area contributed by atoms with Crippen LogP contribution in [0, 0.1) is 13.7 Å². The monoisotopic (exact) mass is 480 g/mol. The summed E-state index contributed by atoms with van der Waals surface area (Å²) in [6, 6.07) is 9.78. The summed E-state index contributed by atoms with van der Waals surface area (Å²) in [4.78, 5) is 29.3. The van der Waals surface area contributed by atoms with Crippen LogP contribution >= 0.6 is 22.6 Å². The smallest absolute Gasteiger partial charge is 0.415 e. The van der Waals surface area contributed by atoms with Crippen LogP contribution in [0.5, 0.6) is 5.75 Å². The minimum Gasteiger partial charge on any atom is -0.805 e. The van der Waals surface area contributed by atoms with Gasteiger partial charge in [-0.15, -0.1) is 0 Å². The van der Waals surface area contributed by atoms with E-state index < -0.39 is 6.09 Å². The number of benzene rings is 2. The molecule has 1 aliphatic rings. The Balaban J connectivity index is 1.84. The topological polar surface area (TPSA) is 83.7 Å². The van der Waals surface area contributed by atoms with Gasteiger partial charge >= 0.3 is 11.6 Å². The molecule has 3 aromatic rings. The molecule has 0 saturated carbocycles. The summed E-state index contributed by atoms with van der Waals surface area (Å²) >= 11 is 2.00. The number of carbonyl (C=O) groups is 1. The van der Waals surface area contributed by atoms with Crippen molar-refractivity contribution in [2.75, 3.05) is 33.2 Å². The van der Waals surface area contributed by atoms with Crippen molar-refractivity contribution in [2.45, 2.75) is 0 Å². The van der Waals surface area contributed by atoms with E-state index in [4.69, 9.17) is 4.74 Å². The van der Waals surface area contributed by atoms with Crippen LogP contribution in [0.3, 0.4) is 0 Å². The summed E-state index contributed by atoms with van der Waals surface area (Å²) < 4.78 is 7.55. The average molecular weight is 480 g/mol. The van der Waals surface area contributed by atoms with Crippen molar-refractivity contribution < 1.29 is 14.0 Å². The molecule has 9 heteroatoms. The largest absolute Gasteiger partial charge is 0.805 e. The molecule has 0 atom stereocenters. The van der Waals surface area contributed by atoms with Gasteiger partial charge in [0.15, 0.2) is 0 Å². The van der Waals surface area contributed by atoms with E-state index in [1.54, 1.807) is 41.3 Å². The van der Waals surface area contributed by atoms with Crippen LogP contribution in [0.4, 0.5) is 4.79 Å². The quantitative estimate of drug-likeness (QED) is 0.304. The summed E-state index contributed by atoms with van der Waals surface area (Å²) in [6.07, 6.45) is -0.515. The number of aromatic nitrogens is 2. The number of nitrogens with zero attached hydrogens (tertiary/aromatic N) is 4. The van der Waals surface area contributed by atoms with E-state index >= 15 is 0 Å². The highest BCUT2D eigenvalue weighted by Gasteiger charge is 2.27. The van der Waals surface area contributed by atoms with Gasteiger partial charge in [-0.05, 0) is 47.8 Å². The zero-order valence-corrected chi connectivity index (χ0v) is 16.7. The fraction of sp³-hybridized carbons (Fsp3) is 0.278. The van der Waals surface area contributed by atoms with Crippen LogP contribution in [0.1, 0.15) is 0 Å². The lowest BCUT2D eigenvalue weighted by atomic mass is 10.2. The van der Waals surface area contributed by atoms with Crippen LogP contribution in [0.15, 0.2) is 36.4 Å². The molecule has 0 unspecified atom stereocenters. The normalized spacial score (nSPS) is 15.4. The first-order valence-corrected chi connectivity index (χ1v) is 9.56. The number of fused-ring (bicyclic) bond motifs is 2. The lowest BCUT2D eigenvalue weighted by Crippen LogP contribution is -2.48. The molecule has 0 N–H and O–H groups in total. The Hall–Kier alpha value is -2.40. The number of carbonyl (C=O) groups excluding carboxylic acids is 1. The number of hydrogen-bond donors (Lipinski definition) is 0. The highest BCUT2D eigenvalue weighted by Crippen LogP contribution is 2.30. The van der Waals surface area contributed by atoms with Crippen LogP contribution in [0.25, 0.3) is 22.1 Å². The van der Waals surface area contributed by atoms with E-state index in [-0.39, 0.29) is 27.8 Å². The van der Waals surface area contributed by atoms with Gasteiger partial charge in [0.2, 0.25) is 5.75 Å². The van der Waals surface area contributed by atoms with Crippen LogP contribution in [0.2, 0.25) is 0 Å². The Bertz CT molecular complexity index is 1110. The first-order chi connectivity index (χ1) is 13.0. The molecule has 2 aromatic carbocycles.